The smallest absolute Gasteiger partial charge is 0.264 e. The number of carbonyl (C=O) groups is 3. The molecule has 0 saturated carbocycles. The van der Waals surface area contributed by atoms with Gasteiger partial charge in [0.15, 0.2) is 0 Å². The van der Waals surface area contributed by atoms with E-state index in [4.69, 9.17) is 0 Å². The molecular formula is C25H31FN4O3S. The third kappa shape index (κ3) is 6.01. The zero-order valence-corrected chi connectivity index (χ0v) is 20.3. The molecule has 4 rings (SSSR count). The largest absolute Gasteiger partial charge is 0.342 e. The summed E-state index contributed by atoms with van der Waals surface area (Å²) in [5, 5.41) is 3.31. The lowest BCUT2D eigenvalue weighted by molar-refractivity contribution is -0.132. The Hall–Kier alpha value is -2.78. The van der Waals surface area contributed by atoms with Gasteiger partial charge in [0.25, 0.3) is 11.8 Å². The van der Waals surface area contributed by atoms with Crippen molar-refractivity contribution in [2.24, 2.45) is 0 Å². The second-order valence-corrected chi connectivity index (χ2v) is 10.0. The van der Waals surface area contributed by atoms with E-state index in [0.29, 0.717) is 42.6 Å². The van der Waals surface area contributed by atoms with Crippen LogP contribution in [0.5, 0.6) is 0 Å². The average Bonchev–Trinajstić information content (AvgIpc) is 3.01. The second kappa shape index (κ2) is 11.1. The summed E-state index contributed by atoms with van der Waals surface area (Å²) in [5.41, 5.74) is 1.02. The molecule has 0 bridgehead atoms. The van der Waals surface area contributed by atoms with Gasteiger partial charge in [-0.05, 0) is 49.6 Å². The first-order valence-corrected chi connectivity index (χ1v) is 12.7. The van der Waals surface area contributed by atoms with E-state index in [2.05, 4.69) is 10.2 Å². The number of likely N-dealkylation sites (tertiary alicyclic amines) is 1. The number of halogens is 1. The highest BCUT2D eigenvalue weighted by molar-refractivity contribution is 7.18. The van der Waals surface area contributed by atoms with E-state index in [0.717, 1.165) is 31.5 Å². The van der Waals surface area contributed by atoms with Crippen molar-refractivity contribution < 1.29 is 18.8 Å². The van der Waals surface area contributed by atoms with Gasteiger partial charge in [-0.2, -0.15) is 0 Å². The highest BCUT2D eigenvalue weighted by Gasteiger charge is 2.27. The molecule has 34 heavy (non-hydrogen) atoms. The third-order valence-electron chi connectivity index (χ3n) is 6.41. The van der Waals surface area contributed by atoms with E-state index in [1.807, 2.05) is 16.7 Å². The summed E-state index contributed by atoms with van der Waals surface area (Å²) in [6, 6.07) is 7.26. The molecule has 3 heterocycles. The number of piperazine rings is 1. The summed E-state index contributed by atoms with van der Waals surface area (Å²) in [6.07, 6.45) is 4.56. The predicted molar refractivity (Wildman–Crippen MR) is 131 cm³/mol. The average molecular weight is 487 g/mol. The lowest BCUT2D eigenvalue weighted by Crippen LogP contribution is -2.51. The molecular weight excluding hydrogens is 455 g/mol. The van der Waals surface area contributed by atoms with Gasteiger partial charge in [-0.25, -0.2) is 4.39 Å². The molecule has 182 valence electrons. The van der Waals surface area contributed by atoms with E-state index in [-0.39, 0.29) is 17.4 Å². The molecule has 0 aliphatic carbocycles. The van der Waals surface area contributed by atoms with Crippen LogP contribution in [0.25, 0.3) is 0 Å². The molecule has 9 heteroatoms. The highest BCUT2D eigenvalue weighted by atomic mass is 32.1. The van der Waals surface area contributed by atoms with Crippen LogP contribution in [0.2, 0.25) is 0 Å². The number of benzene rings is 1. The Labute approximate surface area is 203 Å². The standard InChI is InChI=1S/C25H31FN4O3S/c1-18-15-21(27-24(32)19-7-6-8-20(26)16-19)34-23(18)25(33)30-13-11-28(12-14-30)17-22(31)29-9-4-2-3-5-10-29/h6-8,15-16H,2-5,9-14,17H2,1H3,(H,27,32). The second-order valence-electron chi connectivity index (χ2n) is 8.95. The van der Waals surface area contributed by atoms with Crippen molar-refractivity contribution in [3.63, 3.8) is 0 Å². The quantitative estimate of drug-likeness (QED) is 0.701. The summed E-state index contributed by atoms with van der Waals surface area (Å²) in [6.45, 7) is 6.43. The molecule has 2 aromatic rings. The molecule has 1 N–H and O–H groups in total. The zero-order valence-electron chi connectivity index (χ0n) is 19.5. The Balaban J connectivity index is 1.30. The topological polar surface area (TPSA) is 73.0 Å². The first-order valence-electron chi connectivity index (χ1n) is 11.9. The molecule has 2 saturated heterocycles. The summed E-state index contributed by atoms with van der Waals surface area (Å²) in [4.78, 5) is 44.7. The fourth-order valence-corrected chi connectivity index (χ4v) is 5.47. The maximum Gasteiger partial charge on any atom is 0.264 e. The van der Waals surface area contributed by atoms with Gasteiger partial charge in [0, 0.05) is 44.8 Å². The lowest BCUT2D eigenvalue weighted by atomic mass is 10.2. The summed E-state index contributed by atoms with van der Waals surface area (Å²) in [7, 11) is 0. The monoisotopic (exact) mass is 486 g/mol. The fraction of sp³-hybridized carbons (Fsp3) is 0.480. The first kappa shape index (κ1) is 24.3. The van der Waals surface area contributed by atoms with Crippen LogP contribution in [0.4, 0.5) is 9.39 Å². The predicted octanol–water partition coefficient (Wildman–Crippen LogP) is 3.61. The van der Waals surface area contributed by atoms with Gasteiger partial charge in [-0.3, -0.25) is 19.3 Å². The van der Waals surface area contributed by atoms with Crippen molar-refractivity contribution in [2.45, 2.75) is 32.6 Å². The van der Waals surface area contributed by atoms with Gasteiger partial charge in [0.2, 0.25) is 5.91 Å². The van der Waals surface area contributed by atoms with Crippen LogP contribution in [-0.2, 0) is 4.79 Å². The lowest BCUT2D eigenvalue weighted by Gasteiger charge is -2.35. The molecule has 3 amide bonds. The van der Waals surface area contributed by atoms with Gasteiger partial charge in [0.05, 0.1) is 16.4 Å². The molecule has 0 radical (unpaired) electrons. The van der Waals surface area contributed by atoms with Gasteiger partial charge < -0.3 is 15.1 Å². The molecule has 1 aromatic carbocycles. The SMILES string of the molecule is Cc1cc(NC(=O)c2cccc(F)c2)sc1C(=O)N1CCN(CC(=O)N2CCCCCC2)CC1. The fourth-order valence-electron chi connectivity index (χ4n) is 4.43. The summed E-state index contributed by atoms with van der Waals surface area (Å²) >= 11 is 1.23. The van der Waals surface area contributed by atoms with Crippen LogP contribution in [0.3, 0.4) is 0 Å². The van der Waals surface area contributed by atoms with Crippen molar-refractivity contribution >= 4 is 34.1 Å². The number of hydrogen-bond acceptors (Lipinski definition) is 5. The Morgan fingerprint density at radius 2 is 1.65 bits per heavy atom. The van der Waals surface area contributed by atoms with E-state index in [9.17, 15) is 18.8 Å². The van der Waals surface area contributed by atoms with Crippen molar-refractivity contribution in [3.8, 4) is 0 Å². The first-order chi connectivity index (χ1) is 16.4. The van der Waals surface area contributed by atoms with Crippen LogP contribution in [0.1, 0.15) is 51.3 Å². The van der Waals surface area contributed by atoms with E-state index in [1.54, 1.807) is 12.1 Å². The zero-order chi connectivity index (χ0) is 24.1. The van der Waals surface area contributed by atoms with Gasteiger partial charge in [-0.15, -0.1) is 11.3 Å². The van der Waals surface area contributed by atoms with Crippen LogP contribution < -0.4 is 5.32 Å². The summed E-state index contributed by atoms with van der Waals surface area (Å²) < 4.78 is 13.4. The minimum Gasteiger partial charge on any atom is -0.342 e. The minimum absolute atomic E-state index is 0.0627. The third-order valence-corrected chi connectivity index (χ3v) is 7.55. The van der Waals surface area contributed by atoms with Crippen LogP contribution >= 0.6 is 11.3 Å². The Morgan fingerprint density at radius 3 is 2.32 bits per heavy atom. The molecule has 1 aromatic heterocycles. The van der Waals surface area contributed by atoms with Gasteiger partial charge in [0.1, 0.15) is 5.82 Å². The van der Waals surface area contributed by atoms with E-state index >= 15 is 0 Å². The Morgan fingerprint density at radius 1 is 0.941 bits per heavy atom. The van der Waals surface area contributed by atoms with Gasteiger partial charge in [-0.1, -0.05) is 18.9 Å². The van der Waals surface area contributed by atoms with Crippen molar-refractivity contribution in [1.29, 1.82) is 0 Å². The maximum atomic E-state index is 13.4. The Bertz CT molecular complexity index is 1040. The number of thiophene rings is 1. The van der Waals surface area contributed by atoms with Crippen LogP contribution in [-0.4, -0.2) is 78.2 Å². The molecule has 2 aliphatic heterocycles. The number of anilines is 1. The number of hydrogen-bond donors (Lipinski definition) is 1. The Kier molecular flexibility index (Phi) is 7.95. The van der Waals surface area contributed by atoms with Crippen molar-refractivity contribution in [3.05, 3.63) is 52.2 Å². The number of aryl methyl sites for hydroxylation is 1. The molecule has 0 atom stereocenters. The van der Waals surface area contributed by atoms with E-state index < -0.39 is 11.7 Å². The normalized spacial score (nSPS) is 17.4. The molecule has 0 unspecified atom stereocenters. The van der Waals surface area contributed by atoms with Crippen LogP contribution in [0, 0.1) is 12.7 Å². The highest BCUT2D eigenvalue weighted by Crippen LogP contribution is 2.28. The molecule has 7 nitrogen and oxygen atoms in total. The van der Waals surface area contributed by atoms with E-state index in [1.165, 1.54) is 42.4 Å². The van der Waals surface area contributed by atoms with Gasteiger partial charge >= 0.3 is 0 Å². The maximum absolute atomic E-state index is 13.4. The number of nitrogens with zero attached hydrogens (tertiary/aromatic N) is 3. The number of carbonyl (C=O) groups excluding carboxylic acids is 3. The summed E-state index contributed by atoms with van der Waals surface area (Å²) in [5.74, 6) is -0.762. The van der Waals surface area contributed by atoms with Crippen molar-refractivity contribution in [2.75, 3.05) is 51.1 Å². The minimum atomic E-state index is -0.474. The number of rotatable bonds is 5. The van der Waals surface area contributed by atoms with Crippen molar-refractivity contribution in [1.82, 2.24) is 14.7 Å². The molecule has 2 aliphatic rings. The number of nitrogens with one attached hydrogen (secondary N) is 1. The molecule has 0 spiro atoms. The number of amides is 3. The molecule has 2 fully saturated rings. The van der Waals surface area contributed by atoms with Crippen LogP contribution in [0.15, 0.2) is 30.3 Å².